The largest absolute Gasteiger partial charge is 0.508 e. The molecule has 0 amide bonds. The van der Waals surface area contributed by atoms with Gasteiger partial charge in [-0.05, 0) is 71.9 Å². The van der Waals surface area contributed by atoms with Crippen molar-refractivity contribution in [1.29, 1.82) is 0 Å². The summed E-state index contributed by atoms with van der Waals surface area (Å²) < 4.78 is 11.1. The zero-order valence-corrected chi connectivity index (χ0v) is 25.3. The minimum atomic E-state index is -0.477. The maximum atomic E-state index is 12.2. The summed E-state index contributed by atoms with van der Waals surface area (Å²) in [6.45, 7) is 5.87. The number of nitrogens with zero attached hydrogens (tertiary/aromatic N) is 1. The van der Waals surface area contributed by atoms with Crippen LogP contribution < -0.4 is 0 Å². The third-order valence-corrected chi connectivity index (χ3v) is 6.87. The SMILES string of the molecule is CCCCC/C=C/C=C\CCCCCCCC(CCCCCCCCCC)OC(=O)OCCCN(C)C. The van der Waals surface area contributed by atoms with Gasteiger partial charge in [0.1, 0.15) is 6.10 Å². The fourth-order valence-corrected chi connectivity index (χ4v) is 4.50. The van der Waals surface area contributed by atoms with Gasteiger partial charge in [-0.25, -0.2) is 4.79 Å². The monoisotopic (exact) mass is 521 g/mol. The van der Waals surface area contributed by atoms with Crippen LogP contribution in [0.2, 0.25) is 0 Å². The molecule has 4 nitrogen and oxygen atoms in total. The standard InChI is InChI=1S/C33H63NO3/c1-5-7-9-11-13-15-16-17-18-19-20-22-24-26-29-32(28-25-23-21-14-12-10-8-6-2)37-33(35)36-31-27-30-34(3)4/h13,15-17,32H,5-12,14,18-31H2,1-4H3/b15-13+,17-16-. The highest BCUT2D eigenvalue weighted by Crippen LogP contribution is 2.18. The quantitative estimate of drug-likeness (QED) is 0.0612. The van der Waals surface area contributed by atoms with Gasteiger partial charge in [0.15, 0.2) is 0 Å². The van der Waals surface area contributed by atoms with E-state index < -0.39 is 6.16 Å². The van der Waals surface area contributed by atoms with Crippen molar-refractivity contribution in [2.24, 2.45) is 0 Å². The molecule has 0 radical (unpaired) electrons. The maximum Gasteiger partial charge on any atom is 0.508 e. The molecule has 0 saturated heterocycles. The molecular weight excluding hydrogens is 458 g/mol. The van der Waals surface area contributed by atoms with Crippen molar-refractivity contribution in [3.63, 3.8) is 0 Å². The summed E-state index contributed by atoms with van der Waals surface area (Å²) in [5, 5.41) is 0. The average Bonchev–Trinajstić information content (AvgIpc) is 2.88. The van der Waals surface area contributed by atoms with Crippen molar-refractivity contribution in [3.05, 3.63) is 24.3 Å². The number of unbranched alkanes of at least 4 members (excludes halogenated alkanes) is 15. The minimum Gasteiger partial charge on any atom is -0.434 e. The Morgan fingerprint density at radius 1 is 0.649 bits per heavy atom. The van der Waals surface area contributed by atoms with Crippen LogP contribution in [0.1, 0.15) is 149 Å². The Morgan fingerprint density at radius 2 is 1.11 bits per heavy atom. The number of hydrogen-bond acceptors (Lipinski definition) is 4. The topological polar surface area (TPSA) is 38.8 Å². The van der Waals surface area contributed by atoms with Gasteiger partial charge >= 0.3 is 6.16 Å². The molecule has 1 unspecified atom stereocenters. The molecule has 0 aliphatic carbocycles. The summed E-state index contributed by atoms with van der Waals surface area (Å²) in [7, 11) is 4.06. The highest BCUT2D eigenvalue weighted by atomic mass is 16.7. The van der Waals surface area contributed by atoms with E-state index in [4.69, 9.17) is 9.47 Å². The van der Waals surface area contributed by atoms with Crippen LogP contribution in [0.25, 0.3) is 0 Å². The molecule has 0 aliphatic rings. The van der Waals surface area contributed by atoms with Gasteiger partial charge in [0, 0.05) is 6.54 Å². The second kappa shape index (κ2) is 29.3. The molecule has 0 spiro atoms. The summed E-state index contributed by atoms with van der Waals surface area (Å²) in [4.78, 5) is 14.3. The summed E-state index contributed by atoms with van der Waals surface area (Å²) in [6, 6.07) is 0. The summed E-state index contributed by atoms with van der Waals surface area (Å²) >= 11 is 0. The number of ether oxygens (including phenoxy) is 2. The first-order valence-corrected chi connectivity index (χ1v) is 15.9. The van der Waals surface area contributed by atoms with Crippen molar-refractivity contribution in [2.75, 3.05) is 27.2 Å². The average molecular weight is 522 g/mol. The van der Waals surface area contributed by atoms with Crippen molar-refractivity contribution >= 4 is 6.16 Å². The molecule has 0 saturated carbocycles. The van der Waals surface area contributed by atoms with Crippen molar-refractivity contribution < 1.29 is 14.3 Å². The van der Waals surface area contributed by atoms with E-state index >= 15 is 0 Å². The Bertz CT molecular complexity index is 530. The molecule has 0 bridgehead atoms. The Morgan fingerprint density at radius 3 is 1.65 bits per heavy atom. The third kappa shape index (κ3) is 29.1. The van der Waals surface area contributed by atoms with Gasteiger partial charge in [0.2, 0.25) is 0 Å². The van der Waals surface area contributed by atoms with Crippen molar-refractivity contribution in [1.82, 2.24) is 4.90 Å². The second-order valence-electron chi connectivity index (χ2n) is 11.0. The lowest BCUT2D eigenvalue weighted by molar-refractivity contribution is 0.0150. The highest BCUT2D eigenvalue weighted by molar-refractivity contribution is 5.60. The minimum absolute atomic E-state index is 0.00786. The van der Waals surface area contributed by atoms with Crippen LogP contribution in [0.4, 0.5) is 4.79 Å². The molecule has 0 N–H and O–H groups in total. The van der Waals surface area contributed by atoms with E-state index in [2.05, 4.69) is 43.1 Å². The molecule has 0 aromatic heterocycles. The molecule has 1 atom stereocenters. The van der Waals surface area contributed by atoms with Gasteiger partial charge in [-0.3, -0.25) is 0 Å². The van der Waals surface area contributed by atoms with Crippen molar-refractivity contribution in [2.45, 2.75) is 155 Å². The lowest BCUT2D eigenvalue weighted by atomic mass is 10.0. The number of carbonyl (C=O) groups excluding carboxylic acids is 1. The fraction of sp³-hybridized carbons (Fsp3) is 0.848. The van der Waals surface area contributed by atoms with Gasteiger partial charge in [0.25, 0.3) is 0 Å². The number of carbonyl (C=O) groups is 1. The molecule has 0 rings (SSSR count). The Balaban J connectivity index is 4.05. The van der Waals surface area contributed by atoms with Gasteiger partial charge in [-0.2, -0.15) is 0 Å². The van der Waals surface area contributed by atoms with Crippen LogP contribution in [-0.2, 0) is 9.47 Å². The van der Waals surface area contributed by atoms with Crippen LogP contribution in [0.15, 0.2) is 24.3 Å². The molecule has 0 aromatic rings. The lowest BCUT2D eigenvalue weighted by Crippen LogP contribution is -2.21. The summed E-state index contributed by atoms with van der Waals surface area (Å²) in [5.74, 6) is 0. The first-order chi connectivity index (χ1) is 18.1. The van der Waals surface area contributed by atoms with Crippen LogP contribution >= 0.6 is 0 Å². The van der Waals surface area contributed by atoms with Crippen LogP contribution in [0.5, 0.6) is 0 Å². The molecule has 218 valence electrons. The van der Waals surface area contributed by atoms with Crippen LogP contribution in [0, 0.1) is 0 Å². The van der Waals surface area contributed by atoms with E-state index in [0.717, 1.165) is 38.6 Å². The molecule has 0 heterocycles. The van der Waals surface area contributed by atoms with E-state index in [-0.39, 0.29) is 6.10 Å². The van der Waals surface area contributed by atoms with E-state index in [0.29, 0.717) is 6.61 Å². The molecule has 4 heteroatoms. The third-order valence-electron chi connectivity index (χ3n) is 6.87. The number of rotatable bonds is 27. The van der Waals surface area contributed by atoms with Crippen LogP contribution in [-0.4, -0.2) is 44.4 Å². The zero-order valence-electron chi connectivity index (χ0n) is 25.3. The van der Waals surface area contributed by atoms with Gasteiger partial charge in [0.05, 0.1) is 6.61 Å². The van der Waals surface area contributed by atoms with Gasteiger partial charge < -0.3 is 14.4 Å². The second-order valence-corrected chi connectivity index (χ2v) is 11.0. The molecule has 0 fully saturated rings. The van der Waals surface area contributed by atoms with Crippen molar-refractivity contribution in [3.8, 4) is 0 Å². The predicted molar refractivity (Wildman–Crippen MR) is 161 cm³/mol. The first kappa shape index (κ1) is 35.7. The summed E-state index contributed by atoms with van der Waals surface area (Å²) in [5.41, 5.74) is 0. The maximum absolute atomic E-state index is 12.2. The fourth-order valence-electron chi connectivity index (χ4n) is 4.50. The van der Waals surface area contributed by atoms with Crippen LogP contribution in [0.3, 0.4) is 0 Å². The van der Waals surface area contributed by atoms with Gasteiger partial charge in [-0.1, -0.05) is 115 Å². The van der Waals surface area contributed by atoms with E-state index in [1.54, 1.807) is 0 Å². The molecule has 0 aliphatic heterocycles. The molecule has 37 heavy (non-hydrogen) atoms. The Labute approximate surface area is 231 Å². The zero-order chi connectivity index (χ0) is 27.2. The Hall–Kier alpha value is -1.29. The molecule has 0 aromatic carbocycles. The first-order valence-electron chi connectivity index (χ1n) is 15.9. The van der Waals surface area contributed by atoms with E-state index in [9.17, 15) is 4.79 Å². The Kier molecular flexibility index (Phi) is 28.2. The van der Waals surface area contributed by atoms with E-state index in [1.165, 1.54) is 103 Å². The lowest BCUT2D eigenvalue weighted by Gasteiger charge is -2.18. The van der Waals surface area contributed by atoms with Gasteiger partial charge in [-0.15, -0.1) is 0 Å². The highest BCUT2D eigenvalue weighted by Gasteiger charge is 2.15. The summed E-state index contributed by atoms with van der Waals surface area (Å²) in [6.07, 6.45) is 34.2. The normalized spacial score (nSPS) is 12.7. The van der Waals surface area contributed by atoms with E-state index in [1.807, 2.05) is 14.1 Å². The smallest absolute Gasteiger partial charge is 0.434 e. The number of hydrogen-bond donors (Lipinski definition) is 0. The molecular formula is C33H63NO3. The number of allylic oxidation sites excluding steroid dienone is 4. The predicted octanol–water partition coefficient (Wildman–Crippen LogP) is 10.4.